The van der Waals surface area contributed by atoms with Gasteiger partial charge >= 0.3 is 5.00 Å². The van der Waals surface area contributed by atoms with Gasteiger partial charge in [-0.2, -0.15) is 0 Å². The summed E-state index contributed by atoms with van der Waals surface area (Å²) in [6.07, 6.45) is 0. The van der Waals surface area contributed by atoms with E-state index in [9.17, 15) is 20.0 Å². The molecule has 2 heterocycles. The van der Waals surface area contributed by atoms with Crippen LogP contribution in [0.3, 0.4) is 0 Å². The Kier molecular flexibility index (Phi) is 4.77. The first-order valence-electron chi connectivity index (χ1n) is 7.55. The first-order chi connectivity index (χ1) is 11.5. The lowest BCUT2D eigenvalue weighted by Crippen LogP contribution is -2.48. The summed E-state index contributed by atoms with van der Waals surface area (Å²) < 4.78 is 0. The molecule has 1 saturated heterocycles. The fraction of sp³-hybridized carbons (Fsp3) is 0.312. The molecule has 0 atom stereocenters. The quantitative estimate of drug-likeness (QED) is 0.677. The summed E-state index contributed by atoms with van der Waals surface area (Å²) in [6.45, 7) is 3.28. The average molecular weight is 347 g/mol. The lowest BCUT2D eigenvalue weighted by molar-refractivity contribution is -0.380. The predicted molar refractivity (Wildman–Crippen MR) is 90.3 cm³/mol. The van der Waals surface area contributed by atoms with Gasteiger partial charge < -0.3 is 10.0 Å². The van der Waals surface area contributed by atoms with E-state index in [1.807, 2.05) is 5.38 Å². The normalized spacial score (nSPS) is 15.4. The second-order valence-electron chi connectivity index (χ2n) is 5.67. The van der Waals surface area contributed by atoms with Crippen LogP contribution in [0.2, 0.25) is 0 Å². The summed E-state index contributed by atoms with van der Waals surface area (Å²) >= 11 is 1.14. The highest BCUT2D eigenvalue weighted by Gasteiger charge is 2.23. The van der Waals surface area contributed by atoms with E-state index in [2.05, 4.69) is 4.90 Å². The van der Waals surface area contributed by atoms with E-state index >= 15 is 0 Å². The number of phenols is 1. The minimum atomic E-state index is -0.375. The molecule has 7 nitrogen and oxygen atoms in total. The van der Waals surface area contributed by atoms with Gasteiger partial charge in [0.1, 0.15) is 5.75 Å². The molecule has 0 saturated carbocycles. The van der Waals surface area contributed by atoms with Crippen LogP contribution >= 0.6 is 11.3 Å². The number of carbonyl (C=O) groups excluding carboxylic acids is 1. The third-order valence-corrected chi connectivity index (χ3v) is 4.91. The van der Waals surface area contributed by atoms with E-state index in [1.165, 1.54) is 12.1 Å². The predicted octanol–water partition coefficient (Wildman–Crippen LogP) is 2.32. The molecular weight excluding hydrogens is 330 g/mol. The molecule has 24 heavy (non-hydrogen) atoms. The number of phenolic OH excluding ortho intramolecular Hbond substituents is 1. The molecule has 126 valence electrons. The number of amides is 1. The molecule has 2 aromatic rings. The fourth-order valence-corrected chi connectivity index (χ4v) is 3.45. The van der Waals surface area contributed by atoms with Crippen LogP contribution in [0.25, 0.3) is 0 Å². The molecule has 0 aliphatic carbocycles. The number of nitrogens with zero attached hydrogens (tertiary/aromatic N) is 3. The molecule has 1 aromatic heterocycles. The fourth-order valence-electron chi connectivity index (χ4n) is 2.73. The van der Waals surface area contributed by atoms with Gasteiger partial charge in [-0.15, -0.1) is 0 Å². The van der Waals surface area contributed by atoms with Gasteiger partial charge in [0.25, 0.3) is 5.91 Å². The molecule has 8 heteroatoms. The van der Waals surface area contributed by atoms with Gasteiger partial charge in [-0.05, 0) is 23.8 Å². The van der Waals surface area contributed by atoms with Crippen LogP contribution in [0.1, 0.15) is 15.9 Å². The van der Waals surface area contributed by atoms with Gasteiger partial charge in [0.15, 0.2) is 0 Å². The van der Waals surface area contributed by atoms with Crippen molar-refractivity contribution in [3.63, 3.8) is 0 Å². The molecule has 0 radical (unpaired) electrons. The van der Waals surface area contributed by atoms with Gasteiger partial charge in [0, 0.05) is 49.7 Å². The highest BCUT2D eigenvalue weighted by molar-refractivity contribution is 7.13. The van der Waals surface area contributed by atoms with E-state index in [-0.39, 0.29) is 21.6 Å². The van der Waals surface area contributed by atoms with Crippen molar-refractivity contribution >= 4 is 22.2 Å². The molecule has 1 aliphatic heterocycles. The van der Waals surface area contributed by atoms with E-state index in [4.69, 9.17) is 0 Å². The van der Waals surface area contributed by atoms with Crippen LogP contribution in [0, 0.1) is 10.1 Å². The molecule has 1 aliphatic rings. The lowest BCUT2D eigenvalue weighted by Gasteiger charge is -2.34. The number of carbonyl (C=O) groups is 1. The Morgan fingerprint density at radius 2 is 2.00 bits per heavy atom. The summed E-state index contributed by atoms with van der Waals surface area (Å²) in [7, 11) is 0. The third kappa shape index (κ3) is 3.72. The molecule has 1 N–H and O–H groups in total. The molecular formula is C16H17N3O4S. The van der Waals surface area contributed by atoms with Crippen molar-refractivity contribution in [3.05, 3.63) is 57.0 Å². The molecule has 3 rings (SSSR count). The topological polar surface area (TPSA) is 86.9 Å². The van der Waals surface area contributed by atoms with Gasteiger partial charge in [-0.3, -0.25) is 19.8 Å². The Hall–Kier alpha value is -2.45. The maximum Gasteiger partial charge on any atom is 0.324 e. The average Bonchev–Trinajstić information content (AvgIpc) is 3.04. The van der Waals surface area contributed by atoms with Crippen molar-refractivity contribution in [2.75, 3.05) is 26.2 Å². The second-order valence-corrected chi connectivity index (χ2v) is 6.56. The van der Waals surface area contributed by atoms with Crippen LogP contribution in [0.4, 0.5) is 5.00 Å². The first-order valence-corrected chi connectivity index (χ1v) is 8.43. The van der Waals surface area contributed by atoms with Crippen LogP contribution < -0.4 is 0 Å². The maximum absolute atomic E-state index is 12.4. The van der Waals surface area contributed by atoms with Crippen LogP contribution in [-0.2, 0) is 6.54 Å². The highest BCUT2D eigenvalue weighted by atomic mass is 32.1. The van der Waals surface area contributed by atoms with Crippen LogP contribution in [0.5, 0.6) is 5.75 Å². The maximum atomic E-state index is 12.4. The zero-order valence-corrected chi connectivity index (χ0v) is 13.7. The number of hydrogen-bond donors (Lipinski definition) is 1. The van der Waals surface area contributed by atoms with Crippen molar-refractivity contribution in [1.82, 2.24) is 9.80 Å². The largest absolute Gasteiger partial charge is 0.508 e. The van der Waals surface area contributed by atoms with E-state index in [0.29, 0.717) is 38.3 Å². The standard InChI is InChI=1S/C16H17N3O4S/c20-14-3-1-2-13(9-14)16(21)18-6-4-17(5-7-18)10-12-8-15(19(22)23)24-11-12/h1-3,8-9,11,20H,4-7,10H2. The first kappa shape index (κ1) is 16.4. The SMILES string of the molecule is O=C(c1cccc(O)c1)N1CCN(Cc2csc([N+](=O)[O-])c2)CC1. The Bertz CT molecular complexity index is 753. The Morgan fingerprint density at radius 3 is 2.62 bits per heavy atom. The Balaban J connectivity index is 1.55. The van der Waals surface area contributed by atoms with Gasteiger partial charge in [0.2, 0.25) is 0 Å². The van der Waals surface area contributed by atoms with E-state index < -0.39 is 0 Å². The van der Waals surface area contributed by atoms with Crippen molar-refractivity contribution in [2.45, 2.75) is 6.54 Å². The van der Waals surface area contributed by atoms with Gasteiger partial charge in [-0.25, -0.2) is 0 Å². The molecule has 1 aromatic carbocycles. The lowest BCUT2D eigenvalue weighted by atomic mass is 10.1. The van der Waals surface area contributed by atoms with Crippen molar-refractivity contribution in [3.8, 4) is 5.75 Å². The Labute approximate surface area is 142 Å². The summed E-state index contributed by atoms with van der Waals surface area (Å²) in [4.78, 5) is 26.7. The number of benzene rings is 1. The summed E-state index contributed by atoms with van der Waals surface area (Å²) in [5.41, 5.74) is 1.41. The molecule has 0 unspecified atom stereocenters. The number of hydrogen-bond acceptors (Lipinski definition) is 6. The number of piperazine rings is 1. The smallest absolute Gasteiger partial charge is 0.324 e. The highest BCUT2D eigenvalue weighted by Crippen LogP contribution is 2.24. The third-order valence-electron chi connectivity index (χ3n) is 3.98. The molecule has 1 fully saturated rings. The van der Waals surface area contributed by atoms with E-state index in [1.54, 1.807) is 23.1 Å². The summed E-state index contributed by atoms with van der Waals surface area (Å²) in [5, 5.41) is 22.2. The van der Waals surface area contributed by atoms with Crippen LogP contribution in [0.15, 0.2) is 35.7 Å². The van der Waals surface area contributed by atoms with Gasteiger partial charge in [-0.1, -0.05) is 17.4 Å². The minimum absolute atomic E-state index is 0.0820. The number of thiophene rings is 1. The monoisotopic (exact) mass is 347 g/mol. The number of rotatable bonds is 4. The Morgan fingerprint density at radius 1 is 1.25 bits per heavy atom. The molecule has 0 spiro atoms. The zero-order chi connectivity index (χ0) is 17.1. The minimum Gasteiger partial charge on any atom is -0.508 e. The van der Waals surface area contributed by atoms with E-state index in [0.717, 1.165) is 16.9 Å². The number of aromatic hydroxyl groups is 1. The summed E-state index contributed by atoms with van der Waals surface area (Å²) in [6, 6.07) is 7.96. The van der Waals surface area contributed by atoms with Crippen molar-refractivity contribution in [1.29, 1.82) is 0 Å². The summed E-state index contributed by atoms with van der Waals surface area (Å²) in [5.74, 6) is -0.00439. The van der Waals surface area contributed by atoms with Gasteiger partial charge in [0.05, 0.1) is 4.92 Å². The van der Waals surface area contributed by atoms with Crippen molar-refractivity contribution < 1.29 is 14.8 Å². The molecule has 0 bridgehead atoms. The number of nitro groups is 1. The second kappa shape index (κ2) is 6.98. The van der Waals surface area contributed by atoms with Crippen molar-refractivity contribution in [2.24, 2.45) is 0 Å². The van der Waals surface area contributed by atoms with Crippen LogP contribution in [-0.4, -0.2) is 51.9 Å². The molecule has 1 amide bonds. The zero-order valence-electron chi connectivity index (χ0n) is 12.9.